The van der Waals surface area contributed by atoms with Crippen LogP contribution in [-0.2, 0) is 0 Å². The Balaban J connectivity index is 2.37. The molecule has 0 atom stereocenters. The molecular weight excluding hydrogens is 297 g/mol. The van der Waals surface area contributed by atoms with E-state index in [9.17, 15) is 10.1 Å². The Hall–Kier alpha value is -1.37. The van der Waals surface area contributed by atoms with Crippen molar-refractivity contribution in [2.45, 2.75) is 9.92 Å². The Morgan fingerprint density at radius 2 is 1.83 bits per heavy atom. The van der Waals surface area contributed by atoms with Gasteiger partial charge in [-0.25, -0.2) is 9.97 Å². The summed E-state index contributed by atoms with van der Waals surface area (Å²) in [6, 6.07) is 6.87. The Morgan fingerprint density at radius 1 is 1.17 bits per heavy atom. The van der Waals surface area contributed by atoms with E-state index in [0.29, 0.717) is 5.02 Å². The van der Waals surface area contributed by atoms with Gasteiger partial charge in [-0.1, -0.05) is 35.0 Å². The predicted molar refractivity (Wildman–Crippen MR) is 69.3 cm³/mol. The SMILES string of the molecule is O=[N+]([O-])c1c(Cl)ncnc1Sc1ccc(Cl)cc1. The van der Waals surface area contributed by atoms with Crippen LogP contribution >= 0.6 is 35.0 Å². The summed E-state index contributed by atoms with van der Waals surface area (Å²) in [4.78, 5) is 18.5. The van der Waals surface area contributed by atoms with Gasteiger partial charge in [0, 0.05) is 9.92 Å². The Labute approximate surface area is 116 Å². The summed E-state index contributed by atoms with van der Waals surface area (Å²) in [6.07, 6.45) is 1.19. The van der Waals surface area contributed by atoms with Gasteiger partial charge < -0.3 is 0 Å². The van der Waals surface area contributed by atoms with E-state index in [4.69, 9.17) is 23.2 Å². The summed E-state index contributed by atoms with van der Waals surface area (Å²) in [6.45, 7) is 0. The van der Waals surface area contributed by atoms with Crippen LogP contribution in [0.5, 0.6) is 0 Å². The van der Waals surface area contributed by atoms with Crippen molar-refractivity contribution in [3.63, 3.8) is 0 Å². The highest BCUT2D eigenvalue weighted by molar-refractivity contribution is 7.99. The van der Waals surface area contributed by atoms with Crippen LogP contribution in [0.4, 0.5) is 5.69 Å². The minimum Gasteiger partial charge on any atom is -0.258 e. The molecule has 2 rings (SSSR count). The maximum Gasteiger partial charge on any atom is 0.338 e. The fourth-order valence-corrected chi connectivity index (χ4v) is 2.43. The van der Waals surface area contributed by atoms with E-state index >= 15 is 0 Å². The quantitative estimate of drug-likeness (QED) is 0.489. The molecule has 5 nitrogen and oxygen atoms in total. The topological polar surface area (TPSA) is 68.9 Å². The van der Waals surface area contributed by atoms with Crippen molar-refractivity contribution in [2.24, 2.45) is 0 Å². The van der Waals surface area contributed by atoms with E-state index in [1.165, 1.54) is 6.33 Å². The van der Waals surface area contributed by atoms with Gasteiger partial charge in [-0.05, 0) is 24.3 Å². The van der Waals surface area contributed by atoms with Gasteiger partial charge in [-0.2, -0.15) is 0 Å². The molecule has 1 aromatic carbocycles. The van der Waals surface area contributed by atoms with Gasteiger partial charge in [-0.3, -0.25) is 10.1 Å². The molecule has 18 heavy (non-hydrogen) atoms. The van der Waals surface area contributed by atoms with Crippen LogP contribution in [0.1, 0.15) is 0 Å². The zero-order valence-electron chi connectivity index (χ0n) is 8.71. The summed E-state index contributed by atoms with van der Waals surface area (Å²) in [5, 5.41) is 11.5. The molecule has 0 aliphatic rings. The maximum atomic E-state index is 10.9. The normalized spacial score (nSPS) is 10.3. The maximum absolute atomic E-state index is 10.9. The lowest BCUT2D eigenvalue weighted by Crippen LogP contribution is -1.96. The van der Waals surface area contributed by atoms with E-state index in [2.05, 4.69) is 9.97 Å². The number of nitrogens with zero attached hydrogens (tertiary/aromatic N) is 3. The third-order valence-corrected chi connectivity index (χ3v) is 3.48. The molecule has 8 heteroatoms. The standard InChI is InChI=1S/C10H5Cl2N3O2S/c11-6-1-3-7(4-2-6)18-10-8(15(16)17)9(12)13-5-14-10/h1-5H. The Kier molecular flexibility index (Phi) is 4.00. The van der Waals surface area contributed by atoms with Crippen molar-refractivity contribution >= 4 is 40.7 Å². The summed E-state index contributed by atoms with van der Waals surface area (Å²) in [5.41, 5.74) is -0.292. The fourth-order valence-electron chi connectivity index (χ4n) is 1.18. The molecule has 0 aliphatic heterocycles. The first-order valence-electron chi connectivity index (χ1n) is 4.66. The lowest BCUT2D eigenvalue weighted by atomic mass is 10.4. The van der Waals surface area contributed by atoms with Crippen LogP contribution in [0, 0.1) is 10.1 Å². The number of halogens is 2. The van der Waals surface area contributed by atoms with Crippen molar-refractivity contribution in [1.29, 1.82) is 0 Å². The first-order chi connectivity index (χ1) is 8.58. The van der Waals surface area contributed by atoms with E-state index in [1.807, 2.05) is 0 Å². The molecule has 1 aromatic heterocycles. The number of rotatable bonds is 3. The van der Waals surface area contributed by atoms with Gasteiger partial charge >= 0.3 is 5.69 Å². The molecule has 0 saturated heterocycles. The number of benzene rings is 1. The number of hydrogen-bond donors (Lipinski definition) is 0. The fraction of sp³-hybridized carbons (Fsp3) is 0. The van der Waals surface area contributed by atoms with Gasteiger partial charge in [0.25, 0.3) is 0 Å². The van der Waals surface area contributed by atoms with E-state index < -0.39 is 4.92 Å². The third-order valence-electron chi connectivity index (χ3n) is 1.95. The molecule has 0 spiro atoms. The summed E-state index contributed by atoms with van der Waals surface area (Å²) >= 11 is 12.6. The van der Waals surface area contributed by atoms with Gasteiger partial charge in [-0.15, -0.1) is 0 Å². The monoisotopic (exact) mass is 301 g/mol. The van der Waals surface area contributed by atoms with Crippen LogP contribution in [0.15, 0.2) is 40.5 Å². The molecule has 0 amide bonds. The van der Waals surface area contributed by atoms with Crippen molar-refractivity contribution in [1.82, 2.24) is 9.97 Å². The Bertz CT molecular complexity index is 592. The molecule has 0 saturated carbocycles. The average molecular weight is 302 g/mol. The highest BCUT2D eigenvalue weighted by atomic mass is 35.5. The number of hydrogen-bond acceptors (Lipinski definition) is 5. The first kappa shape index (κ1) is 13.1. The zero-order chi connectivity index (χ0) is 13.1. The third kappa shape index (κ3) is 2.90. The highest BCUT2D eigenvalue weighted by Gasteiger charge is 2.22. The molecule has 0 unspecified atom stereocenters. The molecule has 1 heterocycles. The predicted octanol–water partition coefficient (Wildman–Crippen LogP) is 3.84. The molecule has 92 valence electrons. The van der Waals surface area contributed by atoms with Crippen molar-refractivity contribution in [3.05, 3.63) is 50.9 Å². The van der Waals surface area contributed by atoms with Gasteiger partial charge in [0.2, 0.25) is 5.15 Å². The molecule has 0 radical (unpaired) electrons. The van der Waals surface area contributed by atoms with Crippen LogP contribution < -0.4 is 0 Å². The van der Waals surface area contributed by atoms with Crippen LogP contribution in [0.2, 0.25) is 10.2 Å². The van der Waals surface area contributed by atoms with Crippen LogP contribution in [-0.4, -0.2) is 14.9 Å². The molecule has 0 fully saturated rings. The summed E-state index contributed by atoms with van der Waals surface area (Å²) in [7, 11) is 0. The van der Waals surface area contributed by atoms with Crippen LogP contribution in [0.25, 0.3) is 0 Å². The smallest absolute Gasteiger partial charge is 0.258 e. The second kappa shape index (κ2) is 5.51. The van der Waals surface area contributed by atoms with E-state index in [1.54, 1.807) is 24.3 Å². The minimum absolute atomic E-state index is 0.175. The molecular formula is C10H5Cl2N3O2S. The number of nitro groups is 1. The Morgan fingerprint density at radius 3 is 2.44 bits per heavy atom. The molecule has 2 aromatic rings. The van der Waals surface area contributed by atoms with Gasteiger partial charge in [0.05, 0.1) is 4.92 Å². The molecule has 0 bridgehead atoms. The highest BCUT2D eigenvalue weighted by Crippen LogP contribution is 2.36. The lowest BCUT2D eigenvalue weighted by Gasteiger charge is -2.02. The van der Waals surface area contributed by atoms with Crippen LogP contribution in [0.3, 0.4) is 0 Å². The minimum atomic E-state index is -0.597. The molecule has 0 N–H and O–H groups in total. The van der Waals surface area contributed by atoms with E-state index in [0.717, 1.165) is 16.7 Å². The second-order valence-electron chi connectivity index (χ2n) is 3.13. The zero-order valence-corrected chi connectivity index (χ0v) is 11.0. The number of aromatic nitrogens is 2. The van der Waals surface area contributed by atoms with E-state index in [-0.39, 0.29) is 15.9 Å². The summed E-state index contributed by atoms with van der Waals surface area (Å²) in [5.74, 6) is 0. The summed E-state index contributed by atoms with van der Waals surface area (Å²) < 4.78 is 0. The van der Waals surface area contributed by atoms with Gasteiger partial charge in [0.1, 0.15) is 6.33 Å². The average Bonchev–Trinajstić information content (AvgIpc) is 2.32. The van der Waals surface area contributed by atoms with Crippen molar-refractivity contribution < 1.29 is 4.92 Å². The molecule has 0 aliphatic carbocycles. The van der Waals surface area contributed by atoms with Crippen molar-refractivity contribution in [2.75, 3.05) is 0 Å². The largest absolute Gasteiger partial charge is 0.338 e. The second-order valence-corrected chi connectivity index (χ2v) is 4.99. The lowest BCUT2D eigenvalue weighted by molar-refractivity contribution is -0.388. The first-order valence-corrected chi connectivity index (χ1v) is 6.23. The van der Waals surface area contributed by atoms with Gasteiger partial charge in [0.15, 0.2) is 5.03 Å². The van der Waals surface area contributed by atoms with Crippen molar-refractivity contribution in [3.8, 4) is 0 Å².